The molecule has 3 rings (SSSR count). The van der Waals surface area contributed by atoms with Crippen molar-refractivity contribution >= 4 is 5.91 Å². The molecular weight excluding hydrogens is 276 g/mol. The van der Waals surface area contributed by atoms with Crippen LogP contribution in [0.4, 0.5) is 0 Å². The standard InChI is InChI=1S/C17H16N4O/c1-13(20-17(22)16-12-18-8-9-19-16)14-4-6-15(7-5-14)21-10-2-3-11-21/h2-13H,1H3,(H,20,22). The molecule has 1 N–H and O–H groups in total. The largest absolute Gasteiger partial charge is 0.344 e. The fourth-order valence-electron chi connectivity index (χ4n) is 2.21. The molecule has 0 spiro atoms. The summed E-state index contributed by atoms with van der Waals surface area (Å²) >= 11 is 0. The molecule has 110 valence electrons. The van der Waals surface area contributed by atoms with E-state index in [9.17, 15) is 4.79 Å². The molecule has 0 saturated carbocycles. The fraction of sp³-hybridized carbons (Fsp3) is 0.118. The highest BCUT2D eigenvalue weighted by Gasteiger charge is 2.12. The van der Waals surface area contributed by atoms with Gasteiger partial charge in [-0.2, -0.15) is 0 Å². The van der Waals surface area contributed by atoms with Gasteiger partial charge in [0.15, 0.2) is 0 Å². The Hall–Kier alpha value is -2.95. The number of nitrogens with zero attached hydrogens (tertiary/aromatic N) is 3. The molecule has 0 radical (unpaired) electrons. The minimum atomic E-state index is -0.227. The van der Waals surface area contributed by atoms with Crippen LogP contribution in [-0.2, 0) is 0 Å². The van der Waals surface area contributed by atoms with Crippen molar-refractivity contribution in [1.82, 2.24) is 19.9 Å². The van der Waals surface area contributed by atoms with Gasteiger partial charge in [0, 0.05) is 30.5 Å². The monoisotopic (exact) mass is 292 g/mol. The van der Waals surface area contributed by atoms with Crippen LogP contribution in [0.15, 0.2) is 67.4 Å². The molecule has 1 aromatic carbocycles. The van der Waals surface area contributed by atoms with E-state index in [1.807, 2.05) is 60.3 Å². The summed E-state index contributed by atoms with van der Waals surface area (Å²) in [4.78, 5) is 20.0. The molecule has 1 amide bonds. The maximum atomic E-state index is 12.1. The van der Waals surface area contributed by atoms with Gasteiger partial charge in [-0.3, -0.25) is 9.78 Å². The van der Waals surface area contributed by atoms with Gasteiger partial charge in [-0.15, -0.1) is 0 Å². The Morgan fingerprint density at radius 2 is 1.86 bits per heavy atom. The van der Waals surface area contributed by atoms with E-state index in [0.29, 0.717) is 5.69 Å². The van der Waals surface area contributed by atoms with Gasteiger partial charge in [0.2, 0.25) is 0 Å². The van der Waals surface area contributed by atoms with Crippen molar-refractivity contribution in [2.24, 2.45) is 0 Å². The molecule has 3 aromatic rings. The third kappa shape index (κ3) is 3.03. The van der Waals surface area contributed by atoms with Crippen molar-refractivity contribution in [3.8, 4) is 5.69 Å². The Bertz CT molecular complexity index is 736. The molecule has 5 heteroatoms. The van der Waals surface area contributed by atoms with Crippen molar-refractivity contribution in [2.75, 3.05) is 0 Å². The smallest absolute Gasteiger partial charge is 0.271 e. The maximum absolute atomic E-state index is 12.1. The molecular formula is C17H16N4O. The van der Waals surface area contributed by atoms with Gasteiger partial charge in [-0.05, 0) is 36.8 Å². The zero-order chi connectivity index (χ0) is 15.4. The quantitative estimate of drug-likeness (QED) is 0.804. The second-order valence-corrected chi connectivity index (χ2v) is 4.97. The number of carbonyl (C=O) groups is 1. The highest BCUT2D eigenvalue weighted by atomic mass is 16.1. The molecule has 5 nitrogen and oxygen atoms in total. The summed E-state index contributed by atoms with van der Waals surface area (Å²) < 4.78 is 2.03. The number of amides is 1. The van der Waals surface area contributed by atoms with Gasteiger partial charge in [0.05, 0.1) is 12.2 Å². The average molecular weight is 292 g/mol. The van der Waals surface area contributed by atoms with Crippen molar-refractivity contribution in [3.63, 3.8) is 0 Å². The number of hydrogen-bond donors (Lipinski definition) is 1. The summed E-state index contributed by atoms with van der Waals surface area (Å²) in [5.41, 5.74) is 2.44. The molecule has 0 fully saturated rings. The van der Waals surface area contributed by atoms with Crippen LogP contribution in [0.2, 0.25) is 0 Å². The zero-order valence-corrected chi connectivity index (χ0v) is 12.2. The van der Waals surface area contributed by atoms with Crippen LogP contribution < -0.4 is 5.32 Å². The maximum Gasteiger partial charge on any atom is 0.271 e. The van der Waals surface area contributed by atoms with E-state index in [4.69, 9.17) is 0 Å². The molecule has 22 heavy (non-hydrogen) atoms. The second-order valence-electron chi connectivity index (χ2n) is 4.97. The van der Waals surface area contributed by atoms with Crippen LogP contribution in [0.3, 0.4) is 0 Å². The lowest BCUT2D eigenvalue weighted by molar-refractivity contribution is 0.0934. The second kappa shape index (κ2) is 6.22. The molecule has 1 unspecified atom stereocenters. The number of rotatable bonds is 4. The van der Waals surface area contributed by atoms with Crippen LogP contribution >= 0.6 is 0 Å². The van der Waals surface area contributed by atoms with E-state index in [2.05, 4.69) is 15.3 Å². The van der Waals surface area contributed by atoms with E-state index >= 15 is 0 Å². The average Bonchev–Trinajstić information content (AvgIpc) is 3.10. The van der Waals surface area contributed by atoms with E-state index in [-0.39, 0.29) is 11.9 Å². The number of aromatic nitrogens is 3. The fourth-order valence-corrected chi connectivity index (χ4v) is 2.21. The van der Waals surface area contributed by atoms with Crippen LogP contribution in [0.25, 0.3) is 5.69 Å². The van der Waals surface area contributed by atoms with Gasteiger partial charge in [-0.25, -0.2) is 4.98 Å². The number of hydrogen-bond acceptors (Lipinski definition) is 3. The highest BCUT2D eigenvalue weighted by Crippen LogP contribution is 2.16. The summed E-state index contributed by atoms with van der Waals surface area (Å²) in [6.45, 7) is 1.94. The van der Waals surface area contributed by atoms with Crippen LogP contribution in [0.5, 0.6) is 0 Å². The Kier molecular flexibility index (Phi) is 3.96. The van der Waals surface area contributed by atoms with E-state index in [1.54, 1.807) is 6.20 Å². The van der Waals surface area contributed by atoms with Crippen LogP contribution in [-0.4, -0.2) is 20.4 Å². The van der Waals surface area contributed by atoms with Crippen molar-refractivity contribution in [1.29, 1.82) is 0 Å². The Labute approximate surface area is 128 Å². The zero-order valence-electron chi connectivity index (χ0n) is 12.2. The SMILES string of the molecule is CC(NC(=O)c1cnccn1)c1ccc(-n2cccc2)cc1. The van der Waals surface area contributed by atoms with E-state index in [1.165, 1.54) is 12.4 Å². The number of carbonyl (C=O) groups excluding carboxylic acids is 1. The lowest BCUT2D eigenvalue weighted by atomic mass is 10.1. The van der Waals surface area contributed by atoms with Gasteiger partial charge >= 0.3 is 0 Å². The van der Waals surface area contributed by atoms with Gasteiger partial charge in [0.25, 0.3) is 5.91 Å². The molecule has 0 aliphatic rings. The summed E-state index contributed by atoms with van der Waals surface area (Å²) in [7, 11) is 0. The first kappa shape index (κ1) is 14.0. The highest BCUT2D eigenvalue weighted by molar-refractivity contribution is 5.92. The van der Waals surface area contributed by atoms with E-state index in [0.717, 1.165) is 11.3 Å². The normalized spacial score (nSPS) is 11.9. The minimum absolute atomic E-state index is 0.104. The Morgan fingerprint density at radius 1 is 1.14 bits per heavy atom. The van der Waals surface area contributed by atoms with Crippen LogP contribution in [0, 0.1) is 0 Å². The molecule has 0 saturated heterocycles. The predicted molar refractivity (Wildman–Crippen MR) is 83.7 cm³/mol. The number of benzene rings is 1. The molecule has 0 aliphatic carbocycles. The molecule has 2 aromatic heterocycles. The minimum Gasteiger partial charge on any atom is -0.344 e. The molecule has 0 bridgehead atoms. The van der Waals surface area contributed by atoms with Crippen molar-refractivity contribution in [2.45, 2.75) is 13.0 Å². The molecule has 1 atom stereocenters. The van der Waals surface area contributed by atoms with Gasteiger partial charge in [0.1, 0.15) is 5.69 Å². The molecule has 2 heterocycles. The van der Waals surface area contributed by atoms with Crippen molar-refractivity contribution < 1.29 is 4.79 Å². The van der Waals surface area contributed by atoms with E-state index < -0.39 is 0 Å². The number of nitrogens with one attached hydrogen (secondary N) is 1. The van der Waals surface area contributed by atoms with Gasteiger partial charge in [-0.1, -0.05) is 12.1 Å². The summed E-state index contributed by atoms with van der Waals surface area (Å²) in [6, 6.07) is 11.9. The predicted octanol–water partition coefficient (Wildman–Crippen LogP) is 2.76. The first-order chi connectivity index (χ1) is 10.7. The van der Waals surface area contributed by atoms with Gasteiger partial charge < -0.3 is 9.88 Å². The van der Waals surface area contributed by atoms with Crippen molar-refractivity contribution in [3.05, 3.63) is 78.6 Å². The van der Waals surface area contributed by atoms with Crippen LogP contribution in [0.1, 0.15) is 29.0 Å². The lowest BCUT2D eigenvalue weighted by Crippen LogP contribution is -2.27. The lowest BCUT2D eigenvalue weighted by Gasteiger charge is -2.14. The Balaban J connectivity index is 1.70. The third-order valence-corrected chi connectivity index (χ3v) is 3.44. The third-order valence-electron chi connectivity index (χ3n) is 3.44. The summed E-state index contributed by atoms with van der Waals surface area (Å²) in [6.07, 6.45) is 8.49. The molecule has 0 aliphatic heterocycles. The topological polar surface area (TPSA) is 59.8 Å². The summed E-state index contributed by atoms with van der Waals surface area (Å²) in [5.74, 6) is -0.227. The Morgan fingerprint density at radius 3 is 2.50 bits per heavy atom. The first-order valence-corrected chi connectivity index (χ1v) is 7.04. The summed E-state index contributed by atoms with van der Waals surface area (Å²) in [5, 5.41) is 2.92. The first-order valence-electron chi connectivity index (χ1n) is 7.04.